The van der Waals surface area contributed by atoms with Crippen molar-refractivity contribution in [2.75, 3.05) is 14.2 Å². The third-order valence-electron chi connectivity index (χ3n) is 1.89. The third-order valence-corrected chi connectivity index (χ3v) is 1.89. The predicted molar refractivity (Wildman–Crippen MR) is 37.5 cm³/mol. The number of hydrogen-bond donors (Lipinski definition) is 0. The number of amides is 1. The first-order chi connectivity index (χ1) is 5.07. The second kappa shape index (κ2) is 2.77. The SMILES string of the molecule is CON(C)C(=O)CC1(F)CC1. The maximum atomic E-state index is 12.9. The molecule has 1 fully saturated rings. The van der Waals surface area contributed by atoms with Crippen molar-refractivity contribution in [1.29, 1.82) is 0 Å². The van der Waals surface area contributed by atoms with E-state index in [0.717, 1.165) is 5.06 Å². The van der Waals surface area contributed by atoms with Crippen LogP contribution in [0.15, 0.2) is 0 Å². The van der Waals surface area contributed by atoms with Crippen LogP contribution < -0.4 is 0 Å². The first-order valence-electron chi connectivity index (χ1n) is 3.57. The van der Waals surface area contributed by atoms with E-state index in [4.69, 9.17) is 0 Å². The molecular weight excluding hydrogens is 149 g/mol. The normalized spacial score (nSPS) is 19.5. The van der Waals surface area contributed by atoms with Crippen molar-refractivity contribution in [2.45, 2.75) is 24.9 Å². The van der Waals surface area contributed by atoms with Crippen molar-refractivity contribution < 1.29 is 14.0 Å². The van der Waals surface area contributed by atoms with Gasteiger partial charge in [-0.3, -0.25) is 9.63 Å². The molecule has 1 aliphatic rings. The molecule has 0 spiro atoms. The second-order valence-corrected chi connectivity index (χ2v) is 2.90. The molecule has 4 heteroatoms. The van der Waals surface area contributed by atoms with E-state index in [-0.39, 0.29) is 12.3 Å². The second-order valence-electron chi connectivity index (χ2n) is 2.90. The van der Waals surface area contributed by atoms with Crippen molar-refractivity contribution in [2.24, 2.45) is 0 Å². The Morgan fingerprint density at radius 3 is 2.64 bits per heavy atom. The number of alkyl halides is 1. The number of hydrogen-bond acceptors (Lipinski definition) is 2. The molecule has 0 bridgehead atoms. The Hall–Kier alpha value is -0.640. The molecule has 0 aliphatic heterocycles. The maximum absolute atomic E-state index is 12.9. The van der Waals surface area contributed by atoms with Gasteiger partial charge in [0.05, 0.1) is 13.5 Å². The summed E-state index contributed by atoms with van der Waals surface area (Å²) >= 11 is 0. The molecule has 0 N–H and O–H groups in total. The Kier molecular flexibility index (Phi) is 2.13. The van der Waals surface area contributed by atoms with E-state index in [1.54, 1.807) is 0 Å². The molecule has 0 aromatic heterocycles. The molecule has 1 saturated carbocycles. The van der Waals surface area contributed by atoms with Gasteiger partial charge in [-0.15, -0.1) is 0 Å². The lowest BCUT2D eigenvalue weighted by atomic mass is 10.2. The zero-order valence-electron chi connectivity index (χ0n) is 6.76. The zero-order valence-corrected chi connectivity index (χ0v) is 6.76. The quantitative estimate of drug-likeness (QED) is 0.575. The van der Waals surface area contributed by atoms with Gasteiger partial charge in [0.25, 0.3) is 0 Å². The summed E-state index contributed by atoms with van der Waals surface area (Å²) in [4.78, 5) is 15.6. The standard InChI is InChI=1S/C7H12FNO2/c1-9(11-2)6(10)5-7(8)3-4-7/h3-5H2,1-2H3. The van der Waals surface area contributed by atoms with Crippen molar-refractivity contribution in [1.82, 2.24) is 5.06 Å². The van der Waals surface area contributed by atoms with Gasteiger partial charge < -0.3 is 0 Å². The average molecular weight is 161 g/mol. The molecule has 0 radical (unpaired) electrons. The van der Waals surface area contributed by atoms with E-state index < -0.39 is 5.67 Å². The largest absolute Gasteiger partial charge is 0.275 e. The smallest absolute Gasteiger partial charge is 0.249 e. The topological polar surface area (TPSA) is 29.5 Å². The first kappa shape index (κ1) is 8.46. The van der Waals surface area contributed by atoms with Gasteiger partial charge in [-0.2, -0.15) is 0 Å². The van der Waals surface area contributed by atoms with Crippen LogP contribution in [0.25, 0.3) is 0 Å². The summed E-state index contributed by atoms with van der Waals surface area (Å²) in [5.41, 5.74) is -1.22. The first-order valence-corrected chi connectivity index (χ1v) is 3.57. The van der Waals surface area contributed by atoms with E-state index >= 15 is 0 Å². The fourth-order valence-electron chi connectivity index (χ4n) is 0.797. The summed E-state index contributed by atoms with van der Waals surface area (Å²) in [5, 5.41) is 1.06. The number of carbonyl (C=O) groups excluding carboxylic acids is 1. The molecule has 0 aromatic rings. The summed E-state index contributed by atoms with van der Waals surface area (Å²) in [5.74, 6) is -0.299. The van der Waals surface area contributed by atoms with Crippen molar-refractivity contribution >= 4 is 5.91 Å². The van der Waals surface area contributed by atoms with Gasteiger partial charge in [0.2, 0.25) is 5.91 Å². The number of carbonyl (C=O) groups is 1. The molecular formula is C7H12FNO2. The molecule has 0 aromatic carbocycles. The molecule has 1 aliphatic carbocycles. The molecule has 0 saturated heterocycles. The zero-order chi connectivity index (χ0) is 8.48. The minimum absolute atomic E-state index is 0.0443. The van der Waals surface area contributed by atoms with E-state index in [9.17, 15) is 9.18 Å². The van der Waals surface area contributed by atoms with Gasteiger partial charge in [-0.05, 0) is 12.8 Å². The van der Waals surface area contributed by atoms with Gasteiger partial charge in [-0.1, -0.05) is 0 Å². The van der Waals surface area contributed by atoms with E-state index in [2.05, 4.69) is 4.84 Å². The fourth-order valence-corrected chi connectivity index (χ4v) is 0.797. The Morgan fingerprint density at radius 2 is 2.27 bits per heavy atom. The van der Waals surface area contributed by atoms with Gasteiger partial charge in [0.15, 0.2) is 0 Å². The molecule has 0 atom stereocenters. The van der Waals surface area contributed by atoms with Crippen molar-refractivity contribution in [3.05, 3.63) is 0 Å². The summed E-state index contributed by atoms with van der Waals surface area (Å²) in [6, 6.07) is 0. The Labute approximate surface area is 65.1 Å². The monoisotopic (exact) mass is 161 g/mol. The van der Waals surface area contributed by atoms with Gasteiger partial charge in [0, 0.05) is 7.05 Å². The molecule has 1 rings (SSSR count). The molecule has 1 amide bonds. The van der Waals surface area contributed by atoms with Crippen LogP contribution in [0, 0.1) is 0 Å². The van der Waals surface area contributed by atoms with Crippen LogP contribution in [0.1, 0.15) is 19.3 Å². The van der Waals surface area contributed by atoms with Crippen molar-refractivity contribution in [3.63, 3.8) is 0 Å². The van der Waals surface area contributed by atoms with Gasteiger partial charge >= 0.3 is 0 Å². The number of nitrogens with zero attached hydrogens (tertiary/aromatic N) is 1. The highest BCUT2D eigenvalue weighted by atomic mass is 19.1. The average Bonchev–Trinajstić information content (AvgIpc) is 2.66. The predicted octanol–water partition coefficient (Wildman–Crippen LogP) is 0.898. The minimum atomic E-state index is -1.22. The lowest BCUT2D eigenvalue weighted by Crippen LogP contribution is -2.28. The van der Waals surface area contributed by atoms with Crippen LogP contribution in [0.2, 0.25) is 0 Å². The Bertz CT molecular complexity index is 168. The lowest BCUT2D eigenvalue weighted by molar-refractivity contribution is -0.170. The van der Waals surface area contributed by atoms with Crippen LogP contribution in [0.5, 0.6) is 0 Å². The van der Waals surface area contributed by atoms with E-state index in [0.29, 0.717) is 12.8 Å². The highest BCUT2D eigenvalue weighted by Crippen LogP contribution is 2.43. The summed E-state index contributed by atoms with van der Waals surface area (Å²) in [6.45, 7) is 0. The number of halogens is 1. The van der Waals surface area contributed by atoms with Crippen LogP contribution in [-0.4, -0.2) is 30.8 Å². The van der Waals surface area contributed by atoms with Crippen LogP contribution in [-0.2, 0) is 9.63 Å². The minimum Gasteiger partial charge on any atom is -0.275 e. The summed E-state index contributed by atoms with van der Waals surface area (Å²) in [7, 11) is 2.86. The number of rotatable bonds is 3. The highest BCUT2D eigenvalue weighted by molar-refractivity contribution is 5.76. The molecule has 64 valence electrons. The van der Waals surface area contributed by atoms with Gasteiger partial charge in [0.1, 0.15) is 5.67 Å². The summed E-state index contributed by atoms with van der Waals surface area (Å²) < 4.78 is 12.9. The van der Waals surface area contributed by atoms with Crippen LogP contribution >= 0.6 is 0 Å². The molecule has 3 nitrogen and oxygen atoms in total. The van der Waals surface area contributed by atoms with Crippen molar-refractivity contribution in [3.8, 4) is 0 Å². The lowest BCUT2D eigenvalue weighted by Gasteiger charge is -2.14. The third kappa shape index (κ3) is 2.15. The highest BCUT2D eigenvalue weighted by Gasteiger charge is 2.45. The van der Waals surface area contributed by atoms with E-state index in [1.807, 2.05) is 0 Å². The molecule has 0 unspecified atom stereocenters. The van der Waals surface area contributed by atoms with Crippen LogP contribution in [0.3, 0.4) is 0 Å². The Balaban J connectivity index is 2.31. The molecule has 0 heterocycles. The van der Waals surface area contributed by atoms with Crippen LogP contribution in [0.4, 0.5) is 4.39 Å². The maximum Gasteiger partial charge on any atom is 0.249 e. The summed E-state index contributed by atoms with van der Waals surface area (Å²) in [6.07, 6.45) is 0.976. The Morgan fingerprint density at radius 1 is 1.73 bits per heavy atom. The van der Waals surface area contributed by atoms with Gasteiger partial charge in [-0.25, -0.2) is 9.45 Å². The fraction of sp³-hybridized carbons (Fsp3) is 0.857. The molecule has 11 heavy (non-hydrogen) atoms. The van der Waals surface area contributed by atoms with E-state index in [1.165, 1.54) is 14.2 Å². The number of hydroxylamine groups is 2.